The Hall–Kier alpha value is -3.59. The zero-order chi connectivity index (χ0) is 23.4. The van der Waals surface area contributed by atoms with Crippen LogP contribution in [0.5, 0.6) is 0 Å². The summed E-state index contributed by atoms with van der Waals surface area (Å²) < 4.78 is 7.04. The summed E-state index contributed by atoms with van der Waals surface area (Å²) in [6.45, 7) is 3.86. The summed E-state index contributed by atoms with van der Waals surface area (Å²) in [6, 6.07) is 11.5. The Morgan fingerprint density at radius 1 is 1.12 bits per heavy atom. The van der Waals surface area contributed by atoms with Gasteiger partial charge < -0.3 is 4.74 Å². The predicted molar refractivity (Wildman–Crippen MR) is 125 cm³/mol. The first-order chi connectivity index (χ1) is 15.9. The maximum atomic E-state index is 12.6. The highest BCUT2D eigenvalue weighted by molar-refractivity contribution is 7.12. The van der Waals surface area contributed by atoms with Gasteiger partial charge in [0.2, 0.25) is 11.7 Å². The van der Waals surface area contributed by atoms with E-state index < -0.39 is 5.97 Å². The second kappa shape index (κ2) is 9.91. The SMILES string of the molecule is Cc1cc(C(=O)COC(=O)CCC(=O)N2CCC(c3ccccc3)=N2)c(C)n1-c1nccs1. The molecule has 4 rings (SSSR count). The van der Waals surface area contributed by atoms with Gasteiger partial charge >= 0.3 is 5.97 Å². The van der Waals surface area contributed by atoms with E-state index in [1.54, 1.807) is 12.3 Å². The zero-order valence-corrected chi connectivity index (χ0v) is 19.3. The lowest BCUT2D eigenvalue weighted by atomic mass is 10.1. The van der Waals surface area contributed by atoms with Crippen LogP contribution in [0, 0.1) is 13.8 Å². The van der Waals surface area contributed by atoms with Crippen molar-refractivity contribution in [3.05, 3.63) is 70.5 Å². The number of aryl methyl sites for hydroxylation is 1. The molecule has 0 atom stereocenters. The molecule has 3 heterocycles. The first kappa shape index (κ1) is 22.6. The fourth-order valence-electron chi connectivity index (χ4n) is 3.77. The lowest BCUT2D eigenvalue weighted by Crippen LogP contribution is -2.24. The van der Waals surface area contributed by atoms with Gasteiger partial charge in [0.1, 0.15) is 0 Å². The van der Waals surface area contributed by atoms with Crippen molar-refractivity contribution in [3.8, 4) is 5.13 Å². The van der Waals surface area contributed by atoms with Crippen molar-refractivity contribution in [3.63, 3.8) is 0 Å². The molecule has 0 saturated heterocycles. The van der Waals surface area contributed by atoms with Gasteiger partial charge in [0, 0.05) is 41.4 Å². The van der Waals surface area contributed by atoms with Crippen LogP contribution >= 0.6 is 11.3 Å². The fraction of sp³-hybridized carbons (Fsp3) is 0.292. The number of hydrazone groups is 1. The second-order valence-corrected chi connectivity index (χ2v) is 8.57. The Morgan fingerprint density at radius 3 is 2.64 bits per heavy atom. The molecule has 9 heteroatoms. The van der Waals surface area contributed by atoms with Crippen LogP contribution < -0.4 is 0 Å². The summed E-state index contributed by atoms with van der Waals surface area (Å²) in [6.07, 6.45) is 2.27. The van der Waals surface area contributed by atoms with E-state index in [-0.39, 0.29) is 31.1 Å². The molecule has 0 N–H and O–H groups in total. The Balaban J connectivity index is 1.27. The monoisotopic (exact) mass is 464 g/mol. The van der Waals surface area contributed by atoms with Crippen molar-refractivity contribution in [2.45, 2.75) is 33.1 Å². The maximum absolute atomic E-state index is 12.6. The number of ether oxygens (including phenoxy) is 1. The van der Waals surface area contributed by atoms with Gasteiger partial charge in [-0.25, -0.2) is 9.99 Å². The maximum Gasteiger partial charge on any atom is 0.306 e. The molecular weight excluding hydrogens is 440 g/mol. The molecule has 0 radical (unpaired) electrons. The lowest BCUT2D eigenvalue weighted by Gasteiger charge is -2.11. The van der Waals surface area contributed by atoms with Gasteiger partial charge in [-0.15, -0.1) is 11.3 Å². The smallest absolute Gasteiger partial charge is 0.306 e. The molecule has 33 heavy (non-hydrogen) atoms. The third-order valence-electron chi connectivity index (χ3n) is 5.45. The first-order valence-corrected chi connectivity index (χ1v) is 11.5. The number of hydrogen-bond donors (Lipinski definition) is 0. The van der Waals surface area contributed by atoms with Crippen molar-refractivity contribution in [1.29, 1.82) is 0 Å². The van der Waals surface area contributed by atoms with E-state index in [4.69, 9.17) is 4.74 Å². The second-order valence-electron chi connectivity index (χ2n) is 7.70. The summed E-state index contributed by atoms with van der Waals surface area (Å²) in [4.78, 5) is 41.5. The number of benzene rings is 1. The molecule has 0 aliphatic carbocycles. The minimum absolute atomic E-state index is 0.0167. The summed E-state index contributed by atoms with van der Waals surface area (Å²) in [5, 5.41) is 8.42. The van der Waals surface area contributed by atoms with Crippen LogP contribution in [0.1, 0.15) is 46.6 Å². The van der Waals surface area contributed by atoms with Crippen LogP contribution in [0.25, 0.3) is 5.13 Å². The molecule has 1 aliphatic rings. The Labute approximate surface area is 195 Å². The molecule has 0 bridgehead atoms. The van der Waals surface area contributed by atoms with Gasteiger partial charge in [0.15, 0.2) is 11.7 Å². The third-order valence-corrected chi connectivity index (χ3v) is 6.20. The Bertz CT molecular complexity index is 1200. The molecule has 3 aromatic rings. The van der Waals surface area contributed by atoms with E-state index in [2.05, 4.69) is 10.1 Å². The molecule has 0 spiro atoms. The number of amides is 1. The number of ketones is 1. The number of aromatic nitrogens is 2. The van der Waals surface area contributed by atoms with Gasteiger partial charge in [-0.2, -0.15) is 5.10 Å². The van der Waals surface area contributed by atoms with E-state index in [1.807, 2.05) is 54.1 Å². The number of rotatable bonds is 8. The van der Waals surface area contributed by atoms with Gasteiger partial charge in [-0.1, -0.05) is 30.3 Å². The summed E-state index contributed by atoms with van der Waals surface area (Å²) in [5.41, 5.74) is 3.96. The van der Waals surface area contributed by atoms with Crippen molar-refractivity contribution < 1.29 is 19.1 Å². The average molecular weight is 465 g/mol. The normalized spacial score (nSPS) is 13.2. The number of nitrogens with zero attached hydrogens (tertiary/aromatic N) is 4. The minimum Gasteiger partial charge on any atom is -0.457 e. The van der Waals surface area contributed by atoms with Crippen LogP contribution in [0.2, 0.25) is 0 Å². The number of carbonyl (C=O) groups excluding carboxylic acids is 3. The standard InChI is InChI=1S/C24H24N4O4S/c1-16-14-19(17(2)28(16)24-25-11-13-33-24)21(29)15-32-23(31)9-8-22(30)27-12-10-20(26-27)18-6-4-3-5-7-18/h3-7,11,13-14H,8-10,12,15H2,1-2H3. The number of Topliss-reactive ketones (excluding diaryl/α,β-unsaturated/α-hetero) is 1. The van der Waals surface area contributed by atoms with Gasteiger partial charge in [-0.05, 0) is 25.5 Å². The van der Waals surface area contributed by atoms with Crippen LogP contribution in [-0.4, -0.2) is 51.1 Å². The lowest BCUT2D eigenvalue weighted by molar-refractivity contribution is -0.145. The highest BCUT2D eigenvalue weighted by Crippen LogP contribution is 2.22. The number of thiazole rings is 1. The number of hydrogen-bond acceptors (Lipinski definition) is 7. The van der Waals surface area contributed by atoms with Crippen LogP contribution in [0.15, 0.2) is 53.1 Å². The molecule has 1 aromatic carbocycles. The van der Waals surface area contributed by atoms with Crippen molar-refractivity contribution in [2.75, 3.05) is 13.2 Å². The molecular formula is C24H24N4O4S. The fourth-order valence-corrected chi connectivity index (χ4v) is 4.52. The van der Waals surface area contributed by atoms with Crippen molar-refractivity contribution >= 4 is 34.7 Å². The van der Waals surface area contributed by atoms with Crippen LogP contribution in [0.4, 0.5) is 0 Å². The highest BCUT2D eigenvalue weighted by Gasteiger charge is 2.23. The Morgan fingerprint density at radius 2 is 1.91 bits per heavy atom. The number of carbonyl (C=O) groups is 3. The van der Waals surface area contributed by atoms with Gasteiger partial charge in [-0.3, -0.25) is 19.0 Å². The summed E-state index contributed by atoms with van der Waals surface area (Å²) in [5.74, 6) is -1.12. The summed E-state index contributed by atoms with van der Waals surface area (Å²) in [7, 11) is 0. The third kappa shape index (κ3) is 5.09. The molecule has 1 amide bonds. The topological polar surface area (TPSA) is 93.9 Å². The highest BCUT2D eigenvalue weighted by atomic mass is 32.1. The van der Waals surface area contributed by atoms with E-state index in [0.29, 0.717) is 18.5 Å². The number of esters is 1. The predicted octanol–water partition coefficient (Wildman–Crippen LogP) is 3.69. The minimum atomic E-state index is -0.586. The van der Waals surface area contributed by atoms with Gasteiger partial charge in [0.25, 0.3) is 0 Å². The van der Waals surface area contributed by atoms with E-state index in [9.17, 15) is 14.4 Å². The van der Waals surface area contributed by atoms with Crippen LogP contribution in [0.3, 0.4) is 0 Å². The van der Waals surface area contributed by atoms with Crippen LogP contribution in [-0.2, 0) is 14.3 Å². The molecule has 0 fully saturated rings. The quantitative estimate of drug-likeness (QED) is 0.374. The molecule has 170 valence electrons. The van der Waals surface area contributed by atoms with Crippen molar-refractivity contribution in [2.24, 2.45) is 5.10 Å². The van der Waals surface area contributed by atoms with E-state index >= 15 is 0 Å². The molecule has 2 aromatic heterocycles. The first-order valence-electron chi connectivity index (χ1n) is 10.6. The molecule has 0 unspecified atom stereocenters. The zero-order valence-electron chi connectivity index (χ0n) is 18.5. The van der Waals surface area contributed by atoms with Gasteiger partial charge in [0.05, 0.1) is 18.7 Å². The Kier molecular flexibility index (Phi) is 6.79. The largest absolute Gasteiger partial charge is 0.457 e. The molecule has 0 saturated carbocycles. The average Bonchev–Trinajstić information content (AvgIpc) is 3.57. The van der Waals surface area contributed by atoms with E-state index in [1.165, 1.54) is 16.3 Å². The van der Waals surface area contributed by atoms with Crippen molar-refractivity contribution in [1.82, 2.24) is 14.6 Å². The summed E-state index contributed by atoms with van der Waals surface area (Å²) >= 11 is 1.48. The van der Waals surface area contributed by atoms with E-state index in [0.717, 1.165) is 27.8 Å². The molecule has 8 nitrogen and oxygen atoms in total. The molecule has 1 aliphatic heterocycles.